The van der Waals surface area contributed by atoms with Crippen molar-refractivity contribution in [3.05, 3.63) is 35.9 Å². The van der Waals surface area contributed by atoms with Crippen LogP contribution in [0.4, 0.5) is 0 Å². The Morgan fingerprint density at radius 1 is 0.913 bits per heavy atom. The molecule has 1 aromatic carbocycles. The number of carbonyl (C=O) groups is 2. The van der Waals surface area contributed by atoms with Crippen LogP contribution in [0.15, 0.2) is 30.3 Å². The van der Waals surface area contributed by atoms with E-state index < -0.39 is 17.9 Å². The third-order valence-corrected chi connectivity index (χ3v) is 3.52. The first-order valence-corrected chi connectivity index (χ1v) is 8.56. The molecule has 0 spiro atoms. The average Bonchev–Trinajstić information content (AvgIpc) is 2.58. The molecule has 0 radical (unpaired) electrons. The number of ether oxygens (including phenoxy) is 2. The van der Waals surface area contributed by atoms with Gasteiger partial charge in [0.25, 0.3) is 0 Å². The zero-order valence-corrected chi connectivity index (χ0v) is 14.3. The van der Waals surface area contributed by atoms with Crippen LogP contribution in [0.1, 0.15) is 51.5 Å². The average molecular weight is 320 g/mol. The van der Waals surface area contributed by atoms with Gasteiger partial charge in [-0.3, -0.25) is 9.59 Å². The van der Waals surface area contributed by atoms with Crippen LogP contribution in [-0.4, -0.2) is 25.2 Å². The summed E-state index contributed by atoms with van der Waals surface area (Å²) >= 11 is 0. The van der Waals surface area contributed by atoms with Gasteiger partial charge < -0.3 is 9.47 Å². The third-order valence-electron chi connectivity index (χ3n) is 3.52. The molecule has 0 fully saturated rings. The molecule has 0 amide bonds. The van der Waals surface area contributed by atoms with Crippen LogP contribution in [0.3, 0.4) is 0 Å². The largest absolute Gasteiger partial charge is 0.465 e. The van der Waals surface area contributed by atoms with E-state index in [1.54, 1.807) is 0 Å². The Bertz CT molecular complexity index is 436. The van der Waals surface area contributed by atoms with Gasteiger partial charge in [-0.05, 0) is 37.7 Å². The van der Waals surface area contributed by atoms with Crippen LogP contribution in [0.2, 0.25) is 0 Å². The number of esters is 2. The van der Waals surface area contributed by atoms with Gasteiger partial charge in [0.1, 0.15) is 0 Å². The molecule has 0 bridgehead atoms. The number of hydrogen-bond acceptors (Lipinski definition) is 4. The van der Waals surface area contributed by atoms with E-state index in [9.17, 15) is 9.59 Å². The Hall–Kier alpha value is -1.84. The number of rotatable bonds is 11. The van der Waals surface area contributed by atoms with Crippen molar-refractivity contribution < 1.29 is 19.1 Å². The van der Waals surface area contributed by atoms with Crippen LogP contribution >= 0.6 is 0 Å². The Balaban J connectivity index is 2.44. The van der Waals surface area contributed by atoms with Gasteiger partial charge in [0.05, 0.1) is 13.2 Å². The van der Waals surface area contributed by atoms with Crippen molar-refractivity contribution in [2.75, 3.05) is 13.2 Å². The normalized spacial score (nSPS) is 10.6. The molecular formula is C19H28O4. The first kappa shape index (κ1) is 19.2. The molecule has 128 valence electrons. The van der Waals surface area contributed by atoms with Crippen molar-refractivity contribution in [3.63, 3.8) is 0 Å². The summed E-state index contributed by atoms with van der Waals surface area (Å²) in [5.41, 5.74) is 1.27. The molecule has 1 aromatic rings. The van der Waals surface area contributed by atoms with E-state index in [1.807, 2.05) is 32.0 Å². The van der Waals surface area contributed by atoms with Crippen LogP contribution in [0.5, 0.6) is 0 Å². The number of benzene rings is 1. The Morgan fingerprint density at radius 2 is 1.48 bits per heavy atom. The van der Waals surface area contributed by atoms with Gasteiger partial charge in [0, 0.05) is 0 Å². The molecular weight excluding hydrogens is 292 g/mol. The summed E-state index contributed by atoms with van der Waals surface area (Å²) in [7, 11) is 0. The second-order valence-corrected chi connectivity index (χ2v) is 5.62. The van der Waals surface area contributed by atoms with Crippen molar-refractivity contribution in [1.29, 1.82) is 0 Å². The van der Waals surface area contributed by atoms with Crippen LogP contribution in [0, 0.1) is 5.92 Å². The minimum absolute atomic E-state index is 0.348. The fourth-order valence-electron chi connectivity index (χ4n) is 2.26. The van der Waals surface area contributed by atoms with E-state index in [4.69, 9.17) is 9.47 Å². The van der Waals surface area contributed by atoms with Gasteiger partial charge in [-0.25, -0.2) is 0 Å². The highest BCUT2D eigenvalue weighted by molar-refractivity contribution is 5.94. The fourth-order valence-corrected chi connectivity index (χ4v) is 2.26. The van der Waals surface area contributed by atoms with Gasteiger partial charge in [-0.2, -0.15) is 0 Å². The molecule has 0 heterocycles. The van der Waals surface area contributed by atoms with E-state index in [0.29, 0.717) is 19.6 Å². The van der Waals surface area contributed by atoms with Gasteiger partial charge in [-0.1, -0.05) is 50.6 Å². The maximum atomic E-state index is 12.0. The van der Waals surface area contributed by atoms with E-state index in [2.05, 4.69) is 12.1 Å². The molecule has 0 aromatic heterocycles. The molecule has 0 unspecified atom stereocenters. The number of carbonyl (C=O) groups excluding carboxylic acids is 2. The molecule has 0 aliphatic heterocycles. The molecule has 23 heavy (non-hydrogen) atoms. The predicted molar refractivity (Wildman–Crippen MR) is 90.0 cm³/mol. The highest BCUT2D eigenvalue weighted by Gasteiger charge is 2.29. The van der Waals surface area contributed by atoms with Gasteiger partial charge in [0.2, 0.25) is 0 Å². The molecule has 0 aliphatic carbocycles. The van der Waals surface area contributed by atoms with Crippen LogP contribution < -0.4 is 0 Å². The van der Waals surface area contributed by atoms with Gasteiger partial charge >= 0.3 is 11.9 Å². The van der Waals surface area contributed by atoms with Gasteiger partial charge in [-0.15, -0.1) is 0 Å². The number of hydrogen-bond donors (Lipinski definition) is 0. The lowest BCUT2D eigenvalue weighted by Crippen LogP contribution is -2.28. The summed E-state index contributed by atoms with van der Waals surface area (Å²) in [6, 6.07) is 10.2. The van der Waals surface area contributed by atoms with E-state index in [1.165, 1.54) is 5.56 Å². The highest BCUT2D eigenvalue weighted by atomic mass is 16.6. The number of aryl methyl sites for hydroxylation is 1. The lowest BCUT2D eigenvalue weighted by Gasteiger charge is -2.15. The maximum Gasteiger partial charge on any atom is 0.320 e. The molecule has 4 heteroatoms. The predicted octanol–water partition coefficient (Wildman–Crippen LogP) is 3.92. The zero-order chi connectivity index (χ0) is 16.9. The van der Waals surface area contributed by atoms with Crippen molar-refractivity contribution >= 4 is 11.9 Å². The topological polar surface area (TPSA) is 52.6 Å². The zero-order valence-electron chi connectivity index (χ0n) is 14.3. The molecule has 0 N–H and O–H groups in total. The second kappa shape index (κ2) is 11.7. The first-order chi connectivity index (χ1) is 11.2. The van der Waals surface area contributed by atoms with Crippen molar-refractivity contribution in [1.82, 2.24) is 0 Å². The summed E-state index contributed by atoms with van der Waals surface area (Å²) in [4.78, 5) is 24.1. The lowest BCUT2D eigenvalue weighted by atomic mass is 9.99. The minimum Gasteiger partial charge on any atom is -0.465 e. The molecule has 0 aliphatic rings. The fraction of sp³-hybridized carbons (Fsp3) is 0.579. The van der Waals surface area contributed by atoms with Crippen LogP contribution in [0.25, 0.3) is 0 Å². The Labute approximate surface area is 139 Å². The van der Waals surface area contributed by atoms with Crippen LogP contribution in [-0.2, 0) is 25.5 Å². The monoisotopic (exact) mass is 320 g/mol. The van der Waals surface area contributed by atoms with Crippen molar-refractivity contribution in [2.45, 2.75) is 52.4 Å². The number of unbranched alkanes of at least 4 members (excludes halogenated alkanes) is 1. The maximum absolute atomic E-state index is 12.0. The highest BCUT2D eigenvalue weighted by Crippen LogP contribution is 2.15. The summed E-state index contributed by atoms with van der Waals surface area (Å²) in [5, 5.41) is 0. The smallest absolute Gasteiger partial charge is 0.320 e. The molecule has 0 saturated carbocycles. The van der Waals surface area contributed by atoms with E-state index in [0.717, 1.165) is 32.1 Å². The SMILES string of the molecule is CCCOC(=O)C(CCCCc1ccccc1)C(=O)OCCC. The second-order valence-electron chi connectivity index (χ2n) is 5.62. The quantitative estimate of drug-likeness (QED) is 0.352. The van der Waals surface area contributed by atoms with Gasteiger partial charge in [0.15, 0.2) is 5.92 Å². The third kappa shape index (κ3) is 7.82. The molecule has 0 saturated heterocycles. The van der Waals surface area contributed by atoms with E-state index >= 15 is 0 Å². The molecule has 0 atom stereocenters. The molecule has 4 nitrogen and oxygen atoms in total. The summed E-state index contributed by atoms with van der Waals surface area (Å²) < 4.78 is 10.3. The van der Waals surface area contributed by atoms with E-state index in [-0.39, 0.29) is 0 Å². The lowest BCUT2D eigenvalue weighted by molar-refractivity contribution is -0.162. The standard InChI is InChI=1S/C19H28O4/c1-3-14-22-18(20)17(19(21)23-15-4-2)13-9-8-12-16-10-6-5-7-11-16/h5-7,10-11,17H,3-4,8-9,12-15H2,1-2H3. The Kier molecular flexibility index (Phi) is 9.76. The summed E-state index contributed by atoms with van der Waals surface area (Å²) in [6.45, 7) is 4.55. The van der Waals surface area contributed by atoms with Crippen molar-refractivity contribution in [3.8, 4) is 0 Å². The van der Waals surface area contributed by atoms with Crippen molar-refractivity contribution in [2.24, 2.45) is 5.92 Å². The minimum atomic E-state index is -0.788. The molecule has 1 rings (SSSR count). The summed E-state index contributed by atoms with van der Waals surface area (Å²) in [5.74, 6) is -1.69. The summed E-state index contributed by atoms with van der Waals surface area (Å²) in [6.07, 6.45) is 4.65. The first-order valence-electron chi connectivity index (χ1n) is 8.56. The Morgan fingerprint density at radius 3 is 2.00 bits per heavy atom.